The molecule has 2 aromatic carbocycles. The van der Waals surface area contributed by atoms with Crippen LogP contribution in [0.1, 0.15) is 50.8 Å². The molecule has 0 spiro atoms. The molecule has 214 valence electrons. The van der Waals surface area contributed by atoms with E-state index in [2.05, 4.69) is 5.32 Å². The molecular weight excluding hydrogens is 538 g/mol. The lowest BCUT2D eigenvalue weighted by molar-refractivity contribution is -0.144. The van der Waals surface area contributed by atoms with E-state index < -0.39 is 35.4 Å². The second-order valence-corrected chi connectivity index (χ2v) is 10.6. The van der Waals surface area contributed by atoms with Crippen LogP contribution in [0.3, 0.4) is 0 Å². The van der Waals surface area contributed by atoms with Crippen LogP contribution < -0.4 is 19.7 Å². The fourth-order valence-electron chi connectivity index (χ4n) is 4.50. The summed E-state index contributed by atoms with van der Waals surface area (Å²) in [5, 5.41) is 11.9. The Morgan fingerprint density at radius 3 is 2.58 bits per heavy atom. The van der Waals surface area contributed by atoms with Gasteiger partial charge in [0.25, 0.3) is 5.91 Å². The lowest BCUT2D eigenvalue weighted by atomic mass is 9.92. The van der Waals surface area contributed by atoms with Crippen molar-refractivity contribution in [1.82, 2.24) is 5.32 Å². The van der Waals surface area contributed by atoms with Gasteiger partial charge in [0.05, 0.1) is 39.7 Å². The third-order valence-electron chi connectivity index (χ3n) is 6.30. The molecule has 1 aliphatic rings. The first-order valence-electron chi connectivity index (χ1n) is 12.8. The Morgan fingerprint density at radius 2 is 1.93 bits per heavy atom. The van der Waals surface area contributed by atoms with Gasteiger partial charge < -0.3 is 29.2 Å². The predicted octanol–water partition coefficient (Wildman–Crippen LogP) is 4.19. The molecule has 2 amide bonds. The van der Waals surface area contributed by atoms with E-state index in [9.17, 15) is 14.4 Å². The zero-order valence-electron chi connectivity index (χ0n) is 23.3. The number of nitrogens with one attached hydrogen (secondary N) is 1. The maximum atomic E-state index is 14.1. The van der Waals surface area contributed by atoms with Crippen molar-refractivity contribution >= 4 is 35.1 Å². The number of fused-ring (bicyclic) bond motifs is 1. The molecule has 0 radical (unpaired) electrons. The lowest BCUT2D eigenvalue weighted by Crippen LogP contribution is -2.47. The molecule has 1 heterocycles. The highest BCUT2D eigenvalue weighted by Gasteiger charge is 2.41. The molecule has 0 unspecified atom stereocenters. The molecule has 40 heavy (non-hydrogen) atoms. The van der Waals surface area contributed by atoms with E-state index in [0.717, 1.165) is 0 Å². The number of hydrogen-bond acceptors (Lipinski definition) is 8. The molecule has 0 saturated heterocycles. The van der Waals surface area contributed by atoms with E-state index in [-0.39, 0.29) is 32.5 Å². The van der Waals surface area contributed by atoms with Gasteiger partial charge in [-0.05, 0) is 24.3 Å². The average molecular weight is 572 g/mol. The van der Waals surface area contributed by atoms with Crippen LogP contribution in [-0.4, -0.2) is 57.8 Å². The second kappa shape index (κ2) is 13.5. The molecule has 2 atom stereocenters. The summed E-state index contributed by atoms with van der Waals surface area (Å²) < 4.78 is 22.9. The smallest absolute Gasteiger partial charge is 0.302 e. The number of ether oxygens (including phenoxy) is 4. The number of nitrogens with zero attached hydrogens (tertiary/aromatic N) is 2. The van der Waals surface area contributed by atoms with Crippen LogP contribution in [-0.2, 0) is 23.9 Å². The van der Waals surface area contributed by atoms with Gasteiger partial charge in [-0.1, -0.05) is 37.6 Å². The minimum atomic E-state index is -1.20. The Morgan fingerprint density at radius 1 is 1.18 bits per heavy atom. The summed E-state index contributed by atoms with van der Waals surface area (Å²) in [6.07, 6.45) is -2.20. The van der Waals surface area contributed by atoms with Crippen molar-refractivity contribution in [3.63, 3.8) is 0 Å². The molecule has 0 bridgehead atoms. The molecule has 0 saturated carbocycles. The fraction of sp³-hybridized carbons (Fsp3) is 0.448. The molecule has 2 aromatic rings. The van der Waals surface area contributed by atoms with Crippen molar-refractivity contribution < 1.29 is 33.3 Å². The number of nitriles is 1. The van der Waals surface area contributed by atoms with Crippen LogP contribution in [0.5, 0.6) is 11.5 Å². The molecule has 11 heteroatoms. The summed E-state index contributed by atoms with van der Waals surface area (Å²) >= 11 is 6.45. The average Bonchev–Trinajstić information content (AvgIpc) is 3.01. The predicted molar refractivity (Wildman–Crippen MR) is 148 cm³/mol. The van der Waals surface area contributed by atoms with Gasteiger partial charge in [-0.2, -0.15) is 5.26 Å². The van der Waals surface area contributed by atoms with Crippen molar-refractivity contribution in [3.8, 4) is 17.6 Å². The number of halogens is 1. The Hall–Kier alpha value is -3.81. The number of hydrogen-bond donors (Lipinski definition) is 1. The van der Waals surface area contributed by atoms with E-state index in [0.29, 0.717) is 33.3 Å². The van der Waals surface area contributed by atoms with Crippen LogP contribution >= 0.6 is 11.6 Å². The number of esters is 1. The Labute approximate surface area is 239 Å². The summed E-state index contributed by atoms with van der Waals surface area (Å²) in [6, 6.07) is 12.4. The van der Waals surface area contributed by atoms with E-state index in [4.69, 9.17) is 35.8 Å². The van der Waals surface area contributed by atoms with Crippen LogP contribution in [0.15, 0.2) is 36.4 Å². The minimum absolute atomic E-state index is 0.0718. The molecule has 10 nitrogen and oxygen atoms in total. The van der Waals surface area contributed by atoms with Gasteiger partial charge in [-0.25, -0.2) is 0 Å². The van der Waals surface area contributed by atoms with Crippen molar-refractivity contribution in [3.05, 3.63) is 52.5 Å². The van der Waals surface area contributed by atoms with Crippen LogP contribution in [0.25, 0.3) is 0 Å². The summed E-state index contributed by atoms with van der Waals surface area (Å²) in [5.41, 5.74) is 1.05. The Kier molecular flexibility index (Phi) is 10.4. The van der Waals surface area contributed by atoms with Crippen molar-refractivity contribution in [2.24, 2.45) is 5.41 Å². The number of rotatable bonds is 11. The summed E-state index contributed by atoms with van der Waals surface area (Å²) in [6.45, 7) is 5.45. The molecule has 0 aromatic heterocycles. The highest BCUT2D eigenvalue weighted by Crippen LogP contribution is 2.45. The number of carbonyl (C=O) groups excluding carboxylic acids is 3. The fourth-order valence-corrected chi connectivity index (χ4v) is 4.68. The lowest BCUT2D eigenvalue weighted by Gasteiger charge is -2.33. The minimum Gasteiger partial charge on any atom is -0.493 e. The number of para-hydroxylation sites is 1. The van der Waals surface area contributed by atoms with Crippen molar-refractivity contribution in [2.45, 2.75) is 45.8 Å². The summed E-state index contributed by atoms with van der Waals surface area (Å²) in [4.78, 5) is 40.0. The van der Waals surface area contributed by atoms with E-state index in [1.807, 2.05) is 19.9 Å². The zero-order chi connectivity index (χ0) is 29.4. The molecule has 3 rings (SSSR count). The van der Waals surface area contributed by atoms with Crippen molar-refractivity contribution in [1.29, 1.82) is 5.26 Å². The quantitative estimate of drug-likeness (QED) is 0.314. The maximum Gasteiger partial charge on any atom is 0.302 e. The highest BCUT2D eigenvalue weighted by molar-refractivity contribution is 6.30. The van der Waals surface area contributed by atoms with Gasteiger partial charge in [0.2, 0.25) is 5.91 Å². The largest absolute Gasteiger partial charge is 0.493 e. The van der Waals surface area contributed by atoms with Gasteiger partial charge in [0, 0.05) is 47.3 Å². The first-order chi connectivity index (χ1) is 19.0. The molecule has 0 aliphatic carbocycles. The topological polar surface area (TPSA) is 127 Å². The molecule has 1 aliphatic heterocycles. The van der Waals surface area contributed by atoms with Crippen LogP contribution in [0, 0.1) is 16.7 Å². The third-order valence-corrected chi connectivity index (χ3v) is 6.54. The summed E-state index contributed by atoms with van der Waals surface area (Å²) in [5.74, 6) is -0.433. The van der Waals surface area contributed by atoms with E-state index in [1.165, 1.54) is 21.1 Å². The molecule has 1 N–H and O–H groups in total. The first kappa shape index (κ1) is 30.7. The Balaban J connectivity index is 2.15. The molecular formula is C29H34ClN3O7. The number of amides is 2. The van der Waals surface area contributed by atoms with Gasteiger partial charge in [0.15, 0.2) is 11.5 Å². The third kappa shape index (κ3) is 7.43. The number of benzene rings is 2. The van der Waals surface area contributed by atoms with Crippen LogP contribution in [0.4, 0.5) is 5.69 Å². The standard InChI is InChI=1S/C29H34ClN3O7/c1-18(34)39-17-29(2,3)16-33-22-11-10-19(30)14-21(22)26(20-8-6-9-23(37-4)27(20)38-5)40-24(28(33)36)15-25(35)32-13-7-12-31/h6,8-11,14,24,26H,7,13,15-17H2,1-5H3,(H,32,35)/t24-,26-/m1/s1. The highest BCUT2D eigenvalue weighted by atomic mass is 35.5. The summed E-state index contributed by atoms with van der Waals surface area (Å²) in [7, 11) is 3.03. The Bertz CT molecular complexity index is 1290. The first-order valence-corrected chi connectivity index (χ1v) is 13.1. The number of carbonyl (C=O) groups is 3. The normalized spacial score (nSPS) is 16.8. The second-order valence-electron chi connectivity index (χ2n) is 10.1. The SMILES string of the molecule is COc1cccc([C@H]2O[C@H](CC(=O)NCCC#N)C(=O)N(CC(C)(C)COC(C)=O)c3ccc(Cl)cc32)c1OC. The molecule has 0 fully saturated rings. The van der Waals surface area contributed by atoms with Gasteiger partial charge in [0.1, 0.15) is 12.2 Å². The number of anilines is 1. The van der Waals surface area contributed by atoms with Crippen LogP contribution in [0.2, 0.25) is 5.02 Å². The van der Waals surface area contributed by atoms with Crippen molar-refractivity contribution in [2.75, 3.05) is 38.8 Å². The van der Waals surface area contributed by atoms with Gasteiger partial charge in [-0.3, -0.25) is 14.4 Å². The zero-order valence-corrected chi connectivity index (χ0v) is 24.0. The van der Waals surface area contributed by atoms with Gasteiger partial charge in [-0.15, -0.1) is 0 Å². The van der Waals surface area contributed by atoms with E-state index >= 15 is 0 Å². The maximum absolute atomic E-state index is 14.1. The van der Waals surface area contributed by atoms with E-state index in [1.54, 1.807) is 41.3 Å². The monoisotopic (exact) mass is 571 g/mol. The van der Waals surface area contributed by atoms with Gasteiger partial charge >= 0.3 is 5.97 Å². The number of methoxy groups -OCH3 is 2.